The van der Waals surface area contributed by atoms with Crippen molar-refractivity contribution in [1.82, 2.24) is 0 Å². The molecule has 3 rings (SSSR count). The second kappa shape index (κ2) is 5.84. The summed E-state index contributed by atoms with van der Waals surface area (Å²) in [4.78, 5) is 1.43. The fraction of sp³-hybridized carbons (Fsp3) is 0.125. The second-order valence-corrected chi connectivity index (χ2v) is 7.29. The maximum absolute atomic E-state index is 13.2. The summed E-state index contributed by atoms with van der Waals surface area (Å²) in [5.41, 5.74) is 1.22. The average Bonchev–Trinajstić information content (AvgIpc) is 2.84. The molecule has 0 spiro atoms. The van der Waals surface area contributed by atoms with E-state index >= 15 is 0 Å². The summed E-state index contributed by atoms with van der Waals surface area (Å²) in [6, 6.07) is 14.9. The molecule has 4 heteroatoms. The van der Waals surface area contributed by atoms with Crippen LogP contribution in [0.25, 0.3) is 10.1 Å². The van der Waals surface area contributed by atoms with Crippen LogP contribution in [0.3, 0.4) is 0 Å². The molecule has 0 aliphatic rings. The summed E-state index contributed by atoms with van der Waals surface area (Å²) in [7, 11) is 0. The van der Waals surface area contributed by atoms with Gasteiger partial charge >= 0.3 is 0 Å². The van der Waals surface area contributed by atoms with Crippen LogP contribution in [0, 0.1) is 5.82 Å². The van der Waals surface area contributed by atoms with Gasteiger partial charge in [0.1, 0.15) is 5.82 Å². The van der Waals surface area contributed by atoms with E-state index < -0.39 is 0 Å². The van der Waals surface area contributed by atoms with Crippen LogP contribution in [-0.4, -0.2) is 0 Å². The van der Waals surface area contributed by atoms with Crippen molar-refractivity contribution >= 4 is 49.0 Å². The fourth-order valence-corrected chi connectivity index (χ4v) is 4.09. The van der Waals surface area contributed by atoms with Gasteiger partial charge < -0.3 is 0 Å². The first kappa shape index (κ1) is 14.1. The maximum atomic E-state index is 13.2. The lowest BCUT2D eigenvalue weighted by atomic mass is 10.1. The highest BCUT2D eigenvalue weighted by molar-refractivity contribution is 9.09. The minimum Gasteiger partial charge on any atom is -0.207 e. The first-order valence-electron chi connectivity index (χ1n) is 6.19. The van der Waals surface area contributed by atoms with Gasteiger partial charge in [-0.3, -0.25) is 0 Å². The van der Waals surface area contributed by atoms with Crippen LogP contribution in [0.1, 0.15) is 15.3 Å². The maximum Gasteiger partial charge on any atom is 0.124 e. The normalized spacial score (nSPS) is 12.8. The van der Waals surface area contributed by atoms with Crippen molar-refractivity contribution in [3.8, 4) is 0 Å². The Morgan fingerprint density at radius 3 is 2.60 bits per heavy atom. The van der Waals surface area contributed by atoms with Crippen LogP contribution in [0.15, 0.2) is 48.5 Å². The molecule has 0 aliphatic carbocycles. The lowest BCUT2D eigenvalue weighted by Gasteiger charge is -2.07. The molecular weight excluding hydrogens is 359 g/mol. The van der Waals surface area contributed by atoms with Crippen molar-refractivity contribution in [3.05, 3.63) is 69.8 Å². The van der Waals surface area contributed by atoms with E-state index in [0.29, 0.717) is 0 Å². The molecule has 0 saturated carbocycles. The van der Waals surface area contributed by atoms with Crippen LogP contribution in [0.5, 0.6) is 0 Å². The lowest BCUT2D eigenvalue weighted by molar-refractivity contribution is 0.630. The largest absolute Gasteiger partial charge is 0.207 e. The van der Waals surface area contributed by atoms with Crippen LogP contribution in [0.4, 0.5) is 4.39 Å². The van der Waals surface area contributed by atoms with E-state index in [9.17, 15) is 4.39 Å². The molecule has 0 bridgehead atoms. The quantitative estimate of drug-likeness (QED) is 0.470. The monoisotopic (exact) mass is 368 g/mol. The number of hydrogen-bond acceptors (Lipinski definition) is 1. The van der Waals surface area contributed by atoms with E-state index in [1.54, 1.807) is 17.4 Å². The molecule has 0 amide bonds. The third-order valence-corrected chi connectivity index (χ3v) is 5.72. The summed E-state index contributed by atoms with van der Waals surface area (Å²) in [5, 5.41) is 1.84. The van der Waals surface area contributed by atoms with Gasteiger partial charge in [-0.25, -0.2) is 4.39 Å². The van der Waals surface area contributed by atoms with E-state index in [0.717, 1.165) is 21.5 Å². The van der Waals surface area contributed by atoms with E-state index in [4.69, 9.17) is 11.6 Å². The molecule has 0 nitrogen and oxygen atoms in total. The van der Waals surface area contributed by atoms with Crippen molar-refractivity contribution in [1.29, 1.82) is 0 Å². The van der Waals surface area contributed by atoms with Crippen molar-refractivity contribution in [2.45, 2.75) is 11.2 Å². The smallest absolute Gasteiger partial charge is 0.124 e. The Bertz CT molecular complexity index is 736. The second-order valence-electron chi connectivity index (χ2n) is 4.63. The zero-order valence-electron chi connectivity index (χ0n) is 10.4. The van der Waals surface area contributed by atoms with E-state index in [1.165, 1.54) is 16.5 Å². The highest BCUT2D eigenvalue weighted by Crippen LogP contribution is 2.36. The van der Waals surface area contributed by atoms with Crippen molar-refractivity contribution in [3.63, 3.8) is 0 Å². The molecule has 0 saturated heterocycles. The van der Waals surface area contributed by atoms with Gasteiger partial charge in [-0.15, -0.1) is 11.3 Å². The van der Waals surface area contributed by atoms with Crippen LogP contribution < -0.4 is 0 Å². The molecule has 0 fully saturated rings. The molecule has 3 aromatic rings. The fourth-order valence-electron chi connectivity index (χ4n) is 2.11. The molecule has 0 radical (unpaired) electrons. The zero-order valence-corrected chi connectivity index (χ0v) is 13.6. The van der Waals surface area contributed by atoms with Gasteiger partial charge in [-0.05, 0) is 47.7 Å². The summed E-state index contributed by atoms with van der Waals surface area (Å²) < 4.78 is 14.2. The average molecular weight is 370 g/mol. The van der Waals surface area contributed by atoms with Crippen LogP contribution in [-0.2, 0) is 6.42 Å². The number of alkyl halides is 1. The third-order valence-electron chi connectivity index (χ3n) is 3.14. The van der Waals surface area contributed by atoms with Crippen molar-refractivity contribution in [2.75, 3.05) is 0 Å². The van der Waals surface area contributed by atoms with E-state index in [2.05, 4.69) is 22.0 Å². The molecule has 2 aromatic carbocycles. The summed E-state index contributed by atoms with van der Waals surface area (Å²) in [5.74, 6) is -0.185. The zero-order chi connectivity index (χ0) is 14.1. The van der Waals surface area contributed by atoms with Gasteiger partial charge in [0.25, 0.3) is 0 Å². The molecule has 0 aliphatic heterocycles. The highest BCUT2D eigenvalue weighted by atomic mass is 79.9. The van der Waals surface area contributed by atoms with E-state index in [1.807, 2.05) is 30.3 Å². The standard InChI is InChI=1S/C16H11BrClFS/c17-14(7-10-1-4-12(18)5-2-10)16-8-11-3-6-13(19)9-15(11)20-16/h1-6,8-9,14H,7H2. The van der Waals surface area contributed by atoms with Gasteiger partial charge in [0.15, 0.2) is 0 Å². The number of fused-ring (bicyclic) bond motifs is 1. The summed E-state index contributed by atoms with van der Waals surface area (Å²) in [6.45, 7) is 0. The molecule has 1 atom stereocenters. The van der Waals surface area contributed by atoms with Gasteiger partial charge in [0.05, 0.1) is 4.83 Å². The first-order valence-corrected chi connectivity index (χ1v) is 8.30. The third kappa shape index (κ3) is 3.05. The van der Waals surface area contributed by atoms with E-state index in [-0.39, 0.29) is 10.6 Å². The van der Waals surface area contributed by atoms with Crippen molar-refractivity contribution < 1.29 is 4.39 Å². The Kier molecular flexibility index (Phi) is 4.11. The molecule has 20 heavy (non-hydrogen) atoms. The molecule has 1 aromatic heterocycles. The summed E-state index contributed by atoms with van der Waals surface area (Å²) >= 11 is 11.2. The predicted molar refractivity (Wildman–Crippen MR) is 88.6 cm³/mol. The number of benzene rings is 2. The number of thiophene rings is 1. The van der Waals surface area contributed by atoms with Gasteiger partial charge in [-0.2, -0.15) is 0 Å². The Balaban J connectivity index is 1.84. The molecule has 0 N–H and O–H groups in total. The Morgan fingerprint density at radius 1 is 1.10 bits per heavy atom. The number of hydrogen-bond donors (Lipinski definition) is 0. The molecular formula is C16H11BrClFS. The Hall–Kier alpha value is -0.900. The number of halogens is 3. The topological polar surface area (TPSA) is 0 Å². The van der Waals surface area contributed by atoms with Crippen molar-refractivity contribution in [2.24, 2.45) is 0 Å². The lowest BCUT2D eigenvalue weighted by Crippen LogP contribution is -1.92. The number of rotatable bonds is 3. The van der Waals surface area contributed by atoms with Crippen LogP contribution in [0.2, 0.25) is 5.02 Å². The van der Waals surface area contributed by atoms with Gasteiger partial charge in [0, 0.05) is 14.6 Å². The minimum atomic E-state index is -0.185. The SMILES string of the molecule is Fc1ccc2cc(C(Br)Cc3ccc(Cl)cc3)sc2c1. The Labute approximate surface area is 134 Å². The van der Waals surface area contributed by atoms with Gasteiger partial charge in [0.2, 0.25) is 0 Å². The molecule has 1 unspecified atom stereocenters. The predicted octanol–water partition coefficient (Wildman–Crippen LogP) is 6.37. The van der Waals surface area contributed by atoms with Crippen LogP contribution >= 0.6 is 38.9 Å². The van der Waals surface area contributed by atoms with Gasteiger partial charge in [-0.1, -0.05) is 45.7 Å². The first-order chi connectivity index (χ1) is 9.61. The molecule has 102 valence electrons. The summed E-state index contributed by atoms with van der Waals surface area (Å²) in [6.07, 6.45) is 0.881. The molecule has 1 heterocycles. The highest BCUT2D eigenvalue weighted by Gasteiger charge is 2.12. The Morgan fingerprint density at radius 2 is 1.85 bits per heavy atom. The minimum absolute atomic E-state index is 0.185.